The van der Waals surface area contributed by atoms with E-state index in [0.717, 1.165) is 12.1 Å². The third-order valence-corrected chi connectivity index (χ3v) is 2.69. The highest BCUT2D eigenvalue weighted by Gasteiger charge is 2.30. The van der Waals surface area contributed by atoms with Crippen molar-refractivity contribution in [1.29, 1.82) is 0 Å². The topological polar surface area (TPSA) is 78.4 Å². The van der Waals surface area contributed by atoms with Gasteiger partial charge in [0.15, 0.2) is 0 Å². The maximum Gasteiger partial charge on any atom is 0.416 e. The predicted octanol–water partition coefficient (Wildman–Crippen LogP) is 2.54. The normalized spacial score (nSPS) is 12.6. The Bertz CT molecular complexity index is 518. The number of alkyl halides is 3. The Morgan fingerprint density at radius 3 is 2.57 bits per heavy atom. The lowest BCUT2D eigenvalue weighted by atomic mass is 10.1. The summed E-state index contributed by atoms with van der Waals surface area (Å²) in [7, 11) is 0. The van der Waals surface area contributed by atoms with Crippen LogP contribution >= 0.6 is 0 Å². The number of hydrogen-bond acceptors (Lipinski definition) is 2. The molecule has 1 aromatic carbocycles. The van der Waals surface area contributed by atoms with Crippen LogP contribution in [0.25, 0.3) is 0 Å². The molecule has 8 heteroatoms. The van der Waals surface area contributed by atoms with Crippen LogP contribution in [0.15, 0.2) is 24.3 Å². The van der Waals surface area contributed by atoms with Crippen LogP contribution in [0.1, 0.15) is 30.5 Å². The van der Waals surface area contributed by atoms with Gasteiger partial charge in [-0.25, -0.2) is 4.79 Å². The second kappa shape index (κ2) is 6.96. The van der Waals surface area contributed by atoms with Gasteiger partial charge in [0.05, 0.1) is 18.0 Å². The maximum atomic E-state index is 12.6. The van der Waals surface area contributed by atoms with Crippen molar-refractivity contribution in [3.05, 3.63) is 35.4 Å². The van der Waals surface area contributed by atoms with Gasteiger partial charge in [0.2, 0.25) is 0 Å². The summed E-state index contributed by atoms with van der Waals surface area (Å²) in [5, 5.41) is 13.2. The van der Waals surface area contributed by atoms with Crippen LogP contribution in [0.2, 0.25) is 0 Å². The minimum Gasteiger partial charge on any atom is -0.481 e. The first kappa shape index (κ1) is 16.8. The number of urea groups is 1. The minimum absolute atomic E-state index is 0.0591. The van der Waals surface area contributed by atoms with Crippen molar-refractivity contribution < 1.29 is 27.9 Å². The lowest BCUT2D eigenvalue weighted by Crippen LogP contribution is -2.38. The summed E-state index contributed by atoms with van der Waals surface area (Å²) in [6, 6.07) is 3.36. The number of rotatable bonds is 5. The summed E-state index contributed by atoms with van der Waals surface area (Å²) < 4.78 is 37.7. The molecule has 0 bridgehead atoms. The van der Waals surface area contributed by atoms with E-state index in [1.165, 1.54) is 19.1 Å². The molecule has 0 saturated heterocycles. The maximum absolute atomic E-state index is 12.6. The van der Waals surface area contributed by atoms with Gasteiger partial charge in [-0.2, -0.15) is 13.2 Å². The first-order valence-electron chi connectivity index (χ1n) is 6.13. The van der Waals surface area contributed by atoms with Crippen molar-refractivity contribution in [1.82, 2.24) is 10.6 Å². The molecule has 0 saturated carbocycles. The van der Waals surface area contributed by atoms with Crippen molar-refractivity contribution in [3.8, 4) is 0 Å². The molecule has 2 amide bonds. The molecule has 0 fully saturated rings. The number of amides is 2. The van der Waals surface area contributed by atoms with Crippen LogP contribution in [0.3, 0.4) is 0 Å². The molecule has 0 heterocycles. The quantitative estimate of drug-likeness (QED) is 0.782. The average Bonchev–Trinajstić information content (AvgIpc) is 2.37. The number of aliphatic carboxylic acids is 1. The Labute approximate surface area is 119 Å². The number of carbonyl (C=O) groups excluding carboxylic acids is 1. The van der Waals surface area contributed by atoms with Crippen LogP contribution in [0.5, 0.6) is 0 Å². The van der Waals surface area contributed by atoms with Gasteiger partial charge in [-0.15, -0.1) is 0 Å². The molecule has 5 nitrogen and oxygen atoms in total. The van der Waals surface area contributed by atoms with Crippen LogP contribution in [-0.4, -0.2) is 23.7 Å². The number of carboxylic acids is 1. The van der Waals surface area contributed by atoms with E-state index in [2.05, 4.69) is 10.6 Å². The molecule has 1 aromatic rings. The number of nitrogens with one attached hydrogen (secondary N) is 2. The van der Waals surface area contributed by atoms with E-state index < -0.39 is 29.8 Å². The molecule has 0 aromatic heterocycles. The Morgan fingerprint density at radius 2 is 2.00 bits per heavy atom. The molecular weight excluding hydrogens is 289 g/mol. The number of halogens is 3. The second-order valence-corrected chi connectivity index (χ2v) is 4.39. The number of benzene rings is 1. The number of carboxylic acid groups (broad SMARTS) is 1. The van der Waals surface area contributed by atoms with Crippen molar-refractivity contribution in [2.24, 2.45) is 0 Å². The summed E-state index contributed by atoms with van der Waals surface area (Å²) in [6.45, 7) is 1.47. The summed E-state index contributed by atoms with van der Waals surface area (Å²) in [5.41, 5.74) is -0.488. The van der Waals surface area contributed by atoms with Gasteiger partial charge in [-0.1, -0.05) is 12.1 Å². The zero-order chi connectivity index (χ0) is 16.0. The van der Waals surface area contributed by atoms with Gasteiger partial charge in [0.1, 0.15) is 0 Å². The highest BCUT2D eigenvalue weighted by Crippen LogP contribution is 2.30. The van der Waals surface area contributed by atoms with Crippen molar-refractivity contribution in [2.75, 3.05) is 6.54 Å². The molecule has 1 atom stereocenters. The van der Waals surface area contributed by atoms with E-state index in [9.17, 15) is 22.8 Å². The van der Waals surface area contributed by atoms with Gasteiger partial charge in [-0.05, 0) is 24.6 Å². The molecule has 0 aliphatic carbocycles. The Hall–Kier alpha value is -2.25. The molecular formula is C13H15F3N2O3. The first-order chi connectivity index (χ1) is 9.70. The van der Waals surface area contributed by atoms with Crippen LogP contribution in [0.4, 0.5) is 18.0 Å². The fourth-order valence-electron chi connectivity index (χ4n) is 1.60. The monoisotopic (exact) mass is 304 g/mol. The number of hydrogen-bond donors (Lipinski definition) is 3. The molecule has 0 aliphatic rings. The van der Waals surface area contributed by atoms with E-state index in [0.29, 0.717) is 5.56 Å². The van der Waals surface area contributed by atoms with Crippen LogP contribution in [0, 0.1) is 0 Å². The standard InChI is InChI=1S/C13H15F3N2O3/c1-8(18-12(21)17-6-5-11(19)20)9-3-2-4-10(7-9)13(14,15)16/h2-4,7-8H,5-6H2,1H3,(H,19,20)(H2,17,18,21). The Morgan fingerprint density at radius 1 is 1.33 bits per heavy atom. The van der Waals surface area contributed by atoms with Crippen molar-refractivity contribution in [3.63, 3.8) is 0 Å². The highest BCUT2D eigenvalue weighted by molar-refractivity contribution is 5.75. The lowest BCUT2D eigenvalue weighted by molar-refractivity contribution is -0.138. The van der Waals surface area contributed by atoms with Gasteiger partial charge in [-0.3, -0.25) is 4.79 Å². The SMILES string of the molecule is CC(NC(=O)NCCC(=O)O)c1cccc(C(F)(F)F)c1. The molecule has 0 radical (unpaired) electrons. The first-order valence-corrected chi connectivity index (χ1v) is 6.13. The molecule has 116 valence electrons. The van der Waals surface area contributed by atoms with Crippen LogP contribution < -0.4 is 10.6 Å². The van der Waals surface area contributed by atoms with Gasteiger partial charge < -0.3 is 15.7 Å². The van der Waals surface area contributed by atoms with E-state index in [-0.39, 0.29) is 13.0 Å². The second-order valence-electron chi connectivity index (χ2n) is 4.39. The van der Waals surface area contributed by atoms with E-state index in [4.69, 9.17) is 5.11 Å². The summed E-state index contributed by atoms with van der Waals surface area (Å²) in [6.07, 6.45) is -4.68. The molecule has 0 aliphatic heterocycles. The van der Waals surface area contributed by atoms with Crippen molar-refractivity contribution in [2.45, 2.75) is 25.6 Å². The summed E-state index contributed by atoms with van der Waals surface area (Å²) in [4.78, 5) is 21.7. The fraction of sp³-hybridized carbons (Fsp3) is 0.385. The smallest absolute Gasteiger partial charge is 0.416 e. The van der Waals surface area contributed by atoms with Gasteiger partial charge in [0.25, 0.3) is 0 Å². The van der Waals surface area contributed by atoms with Gasteiger partial charge in [0, 0.05) is 6.54 Å². The van der Waals surface area contributed by atoms with Crippen molar-refractivity contribution >= 4 is 12.0 Å². The zero-order valence-corrected chi connectivity index (χ0v) is 11.2. The Kier molecular flexibility index (Phi) is 5.57. The zero-order valence-electron chi connectivity index (χ0n) is 11.2. The predicted molar refractivity (Wildman–Crippen MR) is 68.6 cm³/mol. The van der Waals surface area contributed by atoms with E-state index in [1.807, 2.05) is 0 Å². The third kappa shape index (κ3) is 5.72. The summed E-state index contributed by atoms with van der Waals surface area (Å²) in [5.74, 6) is -1.05. The Balaban J connectivity index is 2.61. The molecule has 3 N–H and O–H groups in total. The minimum atomic E-state index is -4.44. The third-order valence-electron chi connectivity index (χ3n) is 2.69. The van der Waals surface area contributed by atoms with E-state index >= 15 is 0 Å². The molecule has 0 spiro atoms. The largest absolute Gasteiger partial charge is 0.481 e. The van der Waals surface area contributed by atoms with Gasteiger partial charge >= 0.3 is 18.2 Å². The molecule has 1 rings (SSSR count). The fourth-order valence-corrected chi connectivity index (χ4v) is 1.60. The highest BCUT2D eigenvalue weighted by atomic mass is 19.4. The number of carbonyl (C=O) groups is 2. The average molecular weight is 304 g/mol. The van der Waals surface area contributed by atoms with Crippen LogP contribution in [-0.2, 0) is 11.0 Å². The van der Waals surface area contributed by atoms with E-state index in [1.54, 1.807) is 0 Å². The lowest BCUT2D eigenvalue weighted by Gasteiger charge is -2.16. The molecule has 1 unspecified atom stereocenters. The summed E-state index contributed by atoms with van der Waals surface area (Å²) >= 11 is 0. The molecule has 21 heavy (non-hydrogen) atoms.